The minimum absolute atomic E-state index is 0.0277. The van der Waals surface area contributed by atoms with Gasteiger partial charge >= 0.3 is 6.09 Å². The van der Waals surface area contributed by atoms with E-state index in [2.05, 4.69) is 13.8 Å². The van der Waals surface area contributed by atoms with Crippen molar-refractivity contribution in [2.75, 3.05) is 0 Å². The zero-order valence-corrected chi connectivity index (χ0v) is 15.0. The van der Waals surface area contributed by atoms with Gasteiger partial charge in [-0.3, -0.25) is 10.1 Å². The van der Waals surface area contributed by atoms with Crippen LogP contribution >= 0.6 is 0 Å². The molecule has 1 rings (SSSR count). The van der Waals surface area contributed by atoms with E-state index in [0.29, 0.717) is 5.56 Å². The largest absolute Gasteiger partial charge is 0.444 e. The average molecular weight is 336 g/mol. The lowest BCUT2D eigenvalue weighted by Crippen LogP contribution is -2.45. The van der Waals surface area contributed by atoms with Gasteiger partial charge in [0.2, 0.25) is 0 Å². The fourth-order valence-corrected chi connectivity index (χ4v) is 2.93. The van der Waals surface area contributed by atoms with Crippen molar-refractivity contribution in [2.45, 2.75) is 72.1 Å². The lowest BCUT2D eigenvalue weighted by molar-refractivity contribution is -0.385. The van der Waals surface area contributed by atoms with E-state index < -0.39 is 11.0 Å². The number of para-hydroxylation sites is 1. The van der Waals surface area contributed by atoms with Crippen LogP contribution in [-0.4, -0.2) is 28.0 Å². The fraction of sp³-hybridized carbons (Fsp3) is 0.611. The molecule has 134 valence electrons. The molecule has 0 fully saturated rings. The van der Waals surface area contributed by atoms with E-state index in [0.717, 1.165) is 25.7 Å². The lowest BCUT2D eigenvalue weighted by Gasteiger charge is -2.33. The lowest BCUT2D eigenvalue weighted by atomic mass is 10.1. The van der Waals surface area contributed by atoms with Crippen molar-refractivity contribution < 1.29 is 14.5 Å². The number of carbonyl (C=O) groups excluding carboxylic acids is 1. The Balaban J connectivity index is 2.83. The minimum Gasteiger partial charge on any atom is -0.444 e. The van der Waals surface area contributed by atoms with Gasteiger partial charge in [0.25, 0.3) is 5.69 Å². The maximum absolute atomic E-state index is 12.6. The number of benzene rings is 1. The summed E-state index contributed by atoms with van der Waals surface area (Å²) in [6.45, 7) is 8.10. The average Bonchev–Trinajstić information content (AvgIpc) is 2.53. The molecular weight excluding hydrogens is 308 g/mol. The molecule has 0 aliphatic rings. The van der Waals surface area contributed by atoms with Crippen LogP contribution in [0, 0.1) is 10.1 Å². The number of hydrogen-bond acceptors (Lipinski definition) is 4. The molecule has 1 aromatic rings. The quantitative estimate of drug-likeness (QED) is 0.474. The van der Waals surface area contributed by atoms with E-state index in [-0.39, 0.29) is 24.4 Å². The van der Waals surface area contributed by atoms with Crippen molar-refractivity contribution in [3.05, 3.63) is 39.9 Å². The van der Waals surface area contributed by atoms with Crippen molar-refractivity contribution >= 4 is 11.8 Å². The molecule has 0 radical (unpaired) electrons. The van der Waals surface area contributed by atoms with Crippen molar-refractivity contribution in [2.24, 2.45) is 0 Å². The summed E-state index contributed by atoms with van der Waals surface area (Å²) < 4.78 is 5.40. The molecule has 0 heterocycles. The molecule has 1 amide bonds. The highest BCUT2D eigenvalue weighted by Crippen LogP contribution is 2.21. The first-order chi connectivity index (χ1) is 11.4. The topological polar surface area (TPSA) is 72.7 Å². The Labute approximate surface area is 143 Å². The van der Waals surface area contributed by atoms with Crippen LogP contribution in [0.4, 0.5) is 10.5 Å². The van der Waals surface area contributed by atoms with Crippen molar-refractivity contribution in [3.63, 3.8) is 0 Å². The second kappa shape index (κ2) is 9.90. The van der Waals surface area contributed by atoms with E-state index in [1.54, 1.807) is 23.1 Å². The van der Waals surface area contributed by atoms with Gasteiger partial charge in [-0.2, -0.15) is 0 Å². The summed E-state index contributed by atoms with van der Waals surface area (Å²) in [5.41, 5.74) is 0.377. The SMILES string of the molecule is CCCC(C)N(C(=O)OCc1ccccc1[N+](=O)[O-])C(C)CCC. The Hall–Kier alpha value is -2.11. The van der Waals surface area contributed by atoms with Gasteiger partial charge in [0.05, 0.1) is 10.5 Å². The number of carbonyl (C=O) groups is 1. The Morgan fingerprint density at radius 1 is 1.17 bits per heavy atom. The summed E-state index contributed by atoms with van der Waals surface area (Å²) in [5, 5.41) is 11.0. The zero-order valence-electron chi connectivity index (χ0n) is 15.0. The van der Waals surface area contributed by atoms with Crippen LogP contribution in [0.1, 0.15) is 58.9 Å². The highest BCUT2D eigenvalue weighted by molar-refractivity contribution is 5.68. The van der Waals surface area contributed by atoms with E-state index in [4.69, 9.17) is 4.74 Å². The monoisotopic (exact) mass is 336 g/mol. The molecule has 6 nitrogen and oxygen atoms in total. The Morgan fingerprint density at radius 2 is 1.71 bits per heavy atom. The van der Waals surface area contributed by atoms with Gasteiger partial charge in [-0.1, -0.05) is 38.8 Å². The smallest absolute Gasteiger partial charge is 0.410 e. The number of nitrogens with zero attached hydrogens (tertiary/aromatic N) is 2. The van der Waals surface area contributed by atoms with Crippen molar-refractivity contribution in [1.29, 1.82) is 0 Å². The molecule has 2 atom stereocenters. The molecular formula is C18H28N2O4. The summed E-state index contributed by atoms with van der Waals surface area (Å²) in [5.74, 6) is 0. The van der Waals surface area contributed by atoms with Crippen LogP contribution in [-0.2, 0) is 11.3 Å². The molecule has 0 bridgehead atoms. The predicted octanol–water partition coefficient (Wildman–Crippen LogP) is 4.91. The summed E-state index contributed by atoms with van der Waals surface area (Å²) in [7, 11) is 0. The fourth-order valence-electron chi connectivity index (χ4n) is 2.93. The first-order valence-electron chi connectivity index (χ1n) is 8.59. The number of nitro benzene ring substituents is 1. The third-order valence-corrected chi connectivity index (χ3v) is 4.11. The first kappa shape index (κ1) is 19.9. The second-order valence-corrected chi connectivity index (χ2v) is 6.12. The number of rotatable bonds is 9. The van der Waals surface area contributed by atoms with Crippen LogP contribution < -0.4 is 0 Å². The number of nitro groups is 1. The van der Waals surface area contributed by atoms with E-state index in [1.165, 1.54) is 6.07 Å². The van der Waals surface area contributed by atoms with E-state index in [1.807, 2.05) is 13.8 Å². The molecule has 0 saturated heterocycles. The van der Waals surface area contributed by atoms with Gasteiger partial charge in [0.1, 0.15) is 6.61 Å². The molecule has 0 saturated carbocycles. The van der Waals surface area contributed by atoms with Gasteiger partial charge in [-0.05, 0) is 32.8 Å². The number of amides is 1. The molecule has 0 aliphatic heterocycles. The molecule has 0 aliphatic carbocycles. The van der Waals surface area contributed by atoms with Crippen LogP contribution in [0.2, 0.25) is 0 Å². The predicted molar refractivity (Wildman–Crippen MR) is 93.9 cm³/mol. The standard InChI is InChI=1S/C18H28N2O4/c1-5-9-14(3)19(15(4)10-6-2)18(21)24-13-16-11-7-8-12-17(16)20(22)23/h7-8,11-12,14-15H,5-6,9-10,13H2,1-4H3. The molecule has 0 spiro atoms. The Bertz CT molecular complexity index is 536. The van der Waals surface area contributed by atoms with Crippen LogP contribution in [0.5, 0.6) is 0 Å². The Morgan fingerprint density at radius 3 is 2.21 bits per heavy atom. The highest BCUT2D eigenvalue weighted by Gasteiger charge is 2.26. The van der Waals surface area contributed by atoms with Crippen LogP contribution in [0.25, 0.3) is 0 Å². The molecule has 1 aromatic carbocycles. The van der Waals surface area contributed by atoms with Gasteiger partial charge in [0.15, 0.2) is 0 Å². The van der Waals surface area contributed by atoms with Gasteiger partial charge in [-0.15, -0.1) is 0 Å². The van der Waals surface area contributed by atoms with Crippen molar-refractivity contribution in [1.82, 2.24) is 4.90 Å². The van der Waals surface area contributed by atoms with Crippen LogP contribution in [0.15, 0.2) is 24.3 Å². The molecule has 6 heteroatoms. The third kappa shape index (κ3) is 5.51. The Kier molecular flexibility index (Phi) is 8.22. The highest BCUT2D eigenvalue weighted by atomic mass is 16.6. The second-order valence-electron chi connectivity index (χ2n) is 6.12. The number of ether oxygens (including phenoxy) is 1. The molecule has 0 aromatic heterocycles. The first-order valence-corrected chi connectivity index (χ1v) is 8.59. The normalized spacial score (nSPS) is 13.2. The summed E-state index contributed by atoms with van der Waals surface area (Å²) >= 11 is 0. The van der Waals surface area contributed by atoms with Gasteiger partial charge in [-0.25, -0.2) is 4.79 Å². The van der Waals surface area contributed by atoms with E-state index >= 15 is 0 Å². The maximum atomic E-state index is 12.6. The minimum atomic E-state index is -0.458. The number of hydrogen-bond donors (Lipinski definition) is 0. The van der Waals surface area contributed by atoms with Gasteiger partial charge < -0.3 is 9.64 Å². The van der Waals surface area contributed by atoms with Crippen molar-refractivity contribution in [3.8, 4) is 0 Å². The van der Waals surface area contributed by atoms with Crippen LogP contribution in [0.3, 0.4) is 0 Å². The molecule has 0 N–H and O–H groups in total. The summed E-state index contributed by atoms with van der Waals surface area (Å²) in [6, 6.07) is 6.49. The molecule has 24 heavy (non-hydrogen) atoms. The summed E-state index contributed by atoms with van der Waals surface area (Å²) in [4.78, 5) is 24.9. The van der Waals surface area contributed by atoms with Gasteiger partial charge in [0, 0.05) is 18.2 Å². The maximum Gasteiger partial charge on any atom is 0.410 e. The molecule has 2 unspecified atom stereocenters. The zero-order chi connectivity index (χ0) is 18.1. The third-order valence-electron chi connectivity index (χ3n) is 4.11. The summed E-state index contributed by atoms with van der Waals surface area (Å²) in [6.07, 6.45) is 3.35. The van der Waals surface area contributed by atoms with E-state index in [9.17, 15) is 14.9 Å².